The molecule has 1 saturated heterocycles. The monoisotopic (exact) mass is 420 g/mol. The van der Waals surface area contributed by atoms with Crippen molar-refractivity contribution in [3.63, 3.8) is 0 Å². The third-order valence-corrected chi connectivity index (χ3v) is 5.92. The van der Waals surface area contributed by atoms with Gasteiger partial charge in [-0.2, -0.15) is 5.10 Å². The second kappa shape index (κ2) is 9.88. The third kappa shape index (κ3) is 5.20. The van der Waals surface area contributed by atoms with Crippen LogP contribution in [-0.2, 0) is 13.1 Å². The lowest BCUT2D eigenvalue weighted by Crippen LogP contribution is -2.24. The number of likely N-dealkylation sites (tertiary alicyclic amines) is 1. The average molecular weight is 421 g/mol. The summed E-state index contributed by atoms with van der Waals surface area (Å²) in [6, 6.07) is 14.8. The Kier molecular flexibility index (Phi) is 6.77. The van der Waals surface area contributed by atoms with Crippen molar-refractivity contribution in [3.05, 3.63) is 82.9 Å². The molecule has 4 rings (SSSR count). The SMILES string of the molecule is Cc1c(C(=O)NCc2ccc(CN3CCCCCC3)cc2)cnn1-c1ccccc1F. The van der Waals surface area contributed by atoms with Gasteiger partial charge < -0.3 is 5.32 Å². The summed E-state index contributed by atoms with van der Waals surface area (Å²) in [5.74, 6) is -0.588. The summed E-state index contributed by atoms with van der Waals surface area (Å²) >= 11 is 0. The van der Waals surface area contributed by atoms with Crippen LogP contribution in [0.1, 0.15) is 52.9 Å². The fraction of sp³-hybridized carbons (Fsp3) is 0.360. The maximum atomic E-state index is 14.1. The zero-order valence-corrected chi connectivity index (χ0v) is 18.0. The molecule has 1 N–H and O–H groups in total. The van der Waals surface area contributed by atoms with Crippen LogP contribution in [0.2, 0.25) is 0 Å². The first-order valence-corrected chi connectivity index (χ1v) is 11.0. The maximum Gasteiger partial charge on any atom is 0.255 e. The van der Waals surface area contributed by atoms with Crippen LogP contribution in [0, 0.1) is 12.7 Å². The van der Waals surface area contributed by atoms with Crippen molar-refractivity contribution in [3.8, 4) is 5.69 Å². The average Bonchev–Trinajstić information content (AvgIpc) is 2.98. The second-order valence-corrected chi connectivity index (χ2v) is 8.20. The number of aromatic nitrogens is 2. The van der Waals surface area contributed by atoms with E-state index in [2.05, 4.69) is 39.6 Å². The van der Waals surface area contributed by atoms with Crippen LogP contribution in [0.15, 0.2) is 54.7 Å². The van der Waals surface area contributed by atoms with Crippen LogP contribution >= 0.6 is 0 Å². The van der Waals surface area contributed by atoms with Gasteiger partial charge in [0.2, 0.25) is 0 Å². The van der Waals surface area contributed by atoms with E-state index < -0.39 is 0 Å². The number of hydrogen-bond acceptors (Lipinski definition) is 3. The highest BCUT2D eigenvalue weighted by Crippen LogP contribution is 2.17. The van der Waals surface area contributed by atoms with E-state index >= 15 is 0 Å². The van der Waals surface area contributed by atoms with Crippen molar-refractivity contribution in [2.45, 2.75) is 45.7 Å². The lowest BCUT2D eigenvalue weighted by Gasteiger charge is -2.19. The Labute approximate surface area is 182 Å². The van der Waals surface area contributed by atoms with Crippen LogP contribution in [0.3, 0.4) is 0 Å². The molecule has 0 bridgehead atoms. The lowest BCUT2D eigenvalue weighted by molar-refractivity contribution is 0.0950. The first kappa shape index (κ1) is 21.2. The molecule has 1 aliphatic rings. The second-order valence-electron chi connectivity index (χ2n) is 8.20. The lowest BCUT2D eigenvalue weighted by atomic mass is 10.1. The number of rotatable bonds is 6. The van der Waals surface area contributed by atoms with Crippen molar-refractivity contribution < 1.29 is 9.18 Å². The molecular weight excluding hydrogens is 391 g/mol. The Morgan fingerprint density at radius 2 is 1.68 bits per heavy atom. The zero-order valence-electron chi connectivity index (χ0n) is 18.0. The topological polar surface area (TPSA) is 50.2 Å². The molecule has 162 valence electrons. The van der Waals surface area contributed by atoms with Crippen LogP contribution in [0.25, 0.3) is 5.69 Å². The van der Waals surface area contributed by atoms with Gasteiger partial charge in [-0.3, -0.25) is 9.69 Å². The summed E-state index contributed by atoms with van der Waals surface area (Å²) in [5.41, 5.74) is 3.74. The number of nitrogens with zero attached hydrogens (tertiary/aromatic N) is 3. The van der Waals surface area contributed by atoms with Gasteiger partial charge in [0.15, 0.2) is 0 Å². The minimum absolute atomic E-state index is 0.214. The Bertz CT molecular complexity index is 1020. The van der Waals surface area contributed by atoms with E-state index in [4.69, 9.17) is 0 Å². The van der Waals surface area contributed by atoms with Gasteiger partial charge >= 0.3 is 0 Å². The molecule has 0 radical (unpaired) electrons. The molecule has 0 atom stereocenters. The highest BCUT2D eigenvalue weighted by Gasteiger charge is 2.16. The molecule has 1 aliphatic heterocycles. The quantitative estimate of drug-likeness (QED) is 0.633. The van der Waals surface area contributed by atoms with Gasteiger partial charge in [0.1, 0.15) is 11.5 Å². The largest absolute Gasteiger partial charge is 0.348 e. The summed E-state index contributed by atoms with van der Waals surface area (Å²) in [7, 11) is 0. The molecular formula is C25H29FN4O. The van der Waals surface area contributed by atoms with E-state index in [9.17, 15) is 9.18 Å². The predicted molar refractivity (Wildman–Crippen MR) is 120 cm³/mol. The van der Waals surface area contributed by atoms with Gasteiger partial charge in [-0.1, -0.05) is 49.2 Å². The first-order chi connectivity index (χ1) is 15.1. The smallest absolute Gasteiger partial charge is 0.255 e. The molecule has 1 amide bonds. The number of para-hydroxylation sites is 1. The van der Waals surface area contributed by atoms with Crippen molar-refractivity contribution in [2.24, 2.45) is 0 Å². The van der Waals surface area contributed by atoms with E-state index in [1.54, 1.807) is 25.1 Å². The number of amides is 1. The fourth-order valence-corrected chi connectivity index (χ4v) is 4.09. The molecule has 0 unspecified atom stereocenters. The molecule has 0 saturated carbocycles. The minimum atomic E-state index is -0.374. The van der Waals surface area contributed by atoms with Crippen LogP contribution in [0.5, 0.6) is 0 Å². The highest BCUT2D eigenvalue weighted by molar-refractivity contribution is 5.95. The predicted octanol–water partition coefficient (Wildman–Crippen LogP) is 4.63. The zero-order chi connectivity index (χ0) is 21.6. The molecule has 0 aliphatic carbocycles. The standard InChI is InChI=1S/C25H29FN4O/c1-19-22(17-28-30(19)24-9-5-4-8-23(24)26)25(31)27-16-20-10-12-21(13-11-20)18-29-14-6-2-3-7-15-29/h4-5,8-13,17H,2-3,6-7,14-16,18H2,1H3,(H,27,31). The summed E-state index contributed by atoms with van der Waals surface area (Å²) in [6.07, 6.45) is 6.75. The number of hydrogen-bond donors (Lipinski definition) is 1. The van der Waals surface area contributed by atoms with E-state index in [-0.39, 0.29) is 11.7 Å². The third-order valence-electron chi connectivity index (χ3n) is 5.92. The summed E-state index contributed by atoms with van der Waals surface area (Å²) in [5, 5.41) is 7.16. The van der Waals surface area contributed by atoms with Crippen LogP contribution in [-0.4, -0.2) is 33.7 Å². The van der Waals surface area contributed by atoms with Gasteiger partial charge in [-0.15, -0.1) is 0 Å². The van der Waals surface area contributed by atoms with E-state index in [0.29, 0.717) is 23.5 Å². The van der Waals surface area contributed by atoms with Gasteiger partial charge in [0.25, 0.3) is 5.91 Å². The highest BCUT2D eigenvalue weighted by atomic mass is 19.1. The maximum absolute atomic E-state index is 14.1. The van der Waals surface area contributed by atoms with Crippen molar-refractivity contribution in [1.82, 2.24) is 20.0 Å². The Morgan fingerprint density at radius 3 is 2.39 bits per heavy atom. The molecule has 1 aromatic heterocycles. The normalized spacial score (nSPS) is 14.9. The van der Waals surface area contributed by atoms with Crippen LogP contribution in [0.4, 0.5) is 4.39 Å². The number of benzene rings is 2. The van der Waals surface area contributed by atoms with E-state index in [1.807, 2.05) is 0 Å². The number of halogens is 1. The molecule has 5 nitrogen and oxygen atoms in total. The van der Waals surface area contributed by atoms with Crippen molar-refractivity contribution in [2.75, 3.05) is 13.1 Å². The molecule has 2 aromatic carbocycles. The van der Waals surface area contributed by atoms with Gasteiger partial charge in [-0.25, -0.2) is 9.07 Å². The number of carbonyl (C=O) groups is 1. The summed E-state index contributed by atoms with van der Waals surface area (Å²) in [6.45, 7) is 5.55. The summed E-state index contributed by atoms with van der Waals surface area (Å²) in [4.78, 5) is 15.2. The van der Waals surface area contributed by atoms with E-state index in [1.165, 1.54) is 61.3 Å². The van der Waals surface area contributed by atoms with Crippen molar-refractivity contribution >= 4 is 5.91 Å². The first-order valence-electron chi connectivity index (χ1n) is 11.0. The Morgan fingerprint density at radius 1 is 1.00 bits per heavy atom. The molecule has 31 heavy (non-hydrogen) atoms. The molecule has 2 heterocycles. The fourth-order valence-electron chi connectivity index (χ4n) is 4.09. The van der Waals surface area contributed by atoms with Gasteiger partial charge in [0.05, 0.1) is 17.5 Å². The molecule has 6 heteroatoms. The van der Waals surface area contributed by atoms with Gasteiger partial charge in [0, 0.05) is 13.1 Å². The number of nitrogens with one attached hydrogen (secondary N) is 1. The Hall–Kier alpha value is -2.99. The molecule has 0 spiro atoms. The van der Waals surface area contributed by atoms with Crippen molar-refractivity contribution in [1.29, 1.82) is 0 Å². The molecule has 1 fully saturated rings. The minimum Gasteiger partial charge on any atom is -0.348 e. The van der Waals surface area contributed by atoms with Crippen LogP contribution < -0.4 is 5.32 Å². The Balaban J connectivity index is 1.35. The van der Waals surface area contributed by atoms with E-state index in [0.717, 1.165) is 12.1 Å². The van der Waals surface area contributed by atoms with Gasteiger partial charge in [-0.05, 0) is 56.1 Å². The summed E-state index contributed by atoms with van der Waals surface area (Å²) < 4.78 is 15.5. The number of carbonyl (C=O) groups excluding carboxylic acids is 1. The molecule has 3 aromatic rings.